The van der Waals surface area contributed by atoms with Crippen LogP contribution >= 0.6 is 0 Å². The minimum Gasteiger partial charge on any atom is -0.481 e. The van der Waals surface area contributed by atoms with Gasteiger partial charge in [-0.3, -0.25) is 14.7 Å². The first-order valence-electron chi connectivity index (χ1n) is 7.29. The predicted octanol–water partition coefficient (Wildman–Crippen LogP) is 1.99. The molecule has 1 saturated heterocycles. The maximum Gasteiger partial charge on any atom is 0.309 e. The number of nitrogens with zero attached hydrogens (tertiary/aromatic N) is 2. The van der Waals surface area contributed by atoms with Crippen molar-refractivity contribution in [2.75, 3.05) is 13.1 Å². The molecule has 1 aliphatic heterocycles. The molecular weight excluding hydrogens is 270 g/mol. The average molecular weight is 293 g/mol. The van der Waals surface area contributed by atoms with Crippen LogP contribution in [0.4, 0.5) is 0 Å². The first-order chi connectivity index (χ1) is 9.75. The van der Waals surface area contributed by atoms with E-state index in [1.54, 1.807) is 25.7 Å². The number of aromatic nitrogens is 2. The minimum atomic E-state index is -0.820. The van der Waals surface area contributed by atoms with E-state index in [0.717, 1.165) is 18.5 Å². The number of amides is 1. The van der Waals surface area contributed by atoms with Crippen LogP contribution in [0.25, 0.3) is 0 Å². The number of carboxylic acid groups (broad SMARTS) is 1. The van der Waals surface area contributed by atoms with Crippen LogP contribution in [0.15, 0.2) is 0 Å². The number of hydrogen-bond donors (Lipinski definition) is 2. The molecule has 1 atom stereocenters. The molecule has 2 rings (SSSR count). The number of likely N-dealkylation sites (tertiary alicyclic amines) is 1. The standard InChI is InChI=1S/C15H23N3O3/c1-9-12(10(2)17-16-9)13(19)18-7-5-6-11(8-18)15(3,4)14(20)21/h11H,5-8H2,1-4H3,(H,16,17)(H,20,21). The molecule has 0 aliphatic carbocycles. The summed E-state index contributed by atoms with van der Waals surface area (Å²) in [5, 5.41) is 16.3. The van der Waals surface area contributed by atoms with E-state index in [4.69, 9.17) is 0 Å². The van der Waals surface area contributed by atoms with E-state index in [-0.39, 0.29) is 11.8 Å². The van der Waals surface area contributed by atoms with Crippen LogP contribution in [-0.4, -0.2) is 45.2 Å². The molecule has 2 heterocycles. The fraction of sp³-hybridized carbons (Fsp3) is 0.667. The monoisotopic (exact) mass is 293 g/mol. The van der Waals surface area contributed by atoms with Crippen molar-refractivity contribution in [3.63, 3.8) is 0 Å². The number of aromatic amines is 1. The molecule has 1 fully saturated rings. The van der Waals surface area contributed by atoms with E-state index in [0.29, 0.717) is 24.3 Å². The Morgan fingerprint density at radius 3 is 2.57 bits per heavy atom. The summed E-state index contributed by atoms with van der Waals surface area (Å²) in [7, 11) is 0. The van der Waals surface area contributed by atoms with E-state index < -0.39 is 11.4 Å². The van der Waals surface area contributed by atoms with Gasteiger partial charge in [-0.2, -0.15) is 5.10 Å². The second kappa shape index (κ2) is 5.50. The molecule has 6 heteroatoms. The number of aryl methyl sites for hydroxylation is 2. The van der Waals surface area contributed by atoms with Crippen LogP contribution in [-0.2, 0) is 4.79 Å². The number of piperidine rings is 1. The number of carboxylic acids is 1. The first kappa shape index (κ1) is 15.5. The van der Waals surface area contributed by atoms with Gasteiger partial charge in [-0.15, -0.1) is 0 Å². The van der Waals surface area contributed by atoms with E-state index in [2.05, 4.69) is 10.2 Å². The molecule has 2 N–H and O–H groups in total. The van der Waals surface area contributed by atoms with Gasteiger partial charge in [-0.25, -0.2) is 0 Å². The zero-order valence-corrected chi connectivity index (χ0v) is 13.1. The third kappa shape index (κ3) is 2.80. The number of nitrogens with one attached hydrogen (secondary N) is 1. The van der Waals surface area contributed by atoms with Crippen LogP contribution < -0.4 is 0 Å². The highest BCUT2D eigenvalue weighted by molar-refractivity contribution is 5.96. The molecule has 1 aliphatic rings. The van der Waals surface area contributed by atoms with Crippen LogP contribution in [0.5, 0.6) is 0 Å². The number of carbonyl (C=O) groups excluding carboxylic acids is 1. The fourth-order valence-electron chi connectivity index (χ4n) is 2.95. The summed E-state index contributed by atoms with van der Waals surface area (Å²) in [5.41, 5.74) is 1.25. The van der Waals surface area contributed by atoms with Gasteiger partial charge in [0, 0.05) is 18.8 Å². The second-order valence-corrected chi connectivity index (χ2v) is 6.43. The SMILES string of the molecule is Cc1n[nH]c(C)c1C(=O)N1CCCC(C(C)(C)C(=O)O)C1. The zero-order valence-electron chi connectivity index (χ0n) is 13.1. The molecule has 1 amide bonds. The lowest BCUT2D eigenvalue weighted by Gasteiger charge is -2.39. The summed E-state index contributed by atoms with van der Waals surface area (Å²) < 4.78 is 0. The number of aliphatic carboxylic acids is 1. The molecule has 6 nitrogen and oxygen atoms in total. The molecule has 1 unspecified atom stereocenters. The number of H-pyrrole nitrogens is 1. The summed E-state index contributed by atoms with van der Waals surface area (Å²) in [6, 6.07) is 0. The first-order valence-corrected chi connectivity index (χ1v) is 7.29. The van der Waals surface area contributed by atoms with E-state index in [1.807, 2.05) is 6.92 Å². The number of carbonyl (C=O) groups is 2. The topological polar surface area (TPSA) is 86.3 Å². The van der Waals surface area contributed by atoms with Gasteiger partial charge in [-0.1, -0.05) is 0 Å². The van der Waals surface area contributed by atoms with Crippen molar-refractivity contribution in [3.05, 3.63) is 17.0 Å². The summed E-state index contributed by atoms with van der Waals surface area (Å²) in [6.45, 7) is 8.27. The Morgan fingerprint density at radius 2 is 2.05 bits per heavy atom. The second-order valence-electron chi connectivity index (χ2n) is 6.43. The van der Waals surface area contributed by atoms with E-state index >= 15 is 0 Å². The van der Waals surface area contributed by atoms with Crippen molar-refractivity contribution in [3.8, 4) is 0 Å². The maximum absolute atomic E-state index is 12.7. The Labute approximate surface area is 124 Å². The highest BCUT2D eigenvalue weighted by Crippen LogP contribution is 2.34. The molecule has 21 heavy (non-hydrogen) atoms. The number of rotatable bonds is 3. The summed E-state index contributed by atoms with van der Waals surface area (Å²) in [6.07, 6.45) is 1.68. The number of hydrogen-bond acceptors (Lipinski definition) is 3. The Kier molecular flexibility index (Phi) is 4.07. The van der Waals surface area contributed by atoms with Gasteiger partial charge >= 0.3 is 5.97 Å². The van der Waals surface area contributed by atoms with Gasteiger partial charge in [-0.05, 0) is 46.5 Å². The lowest BCUT2D eigenvalue weighted by molar-refractivity contribution is -0.151. The summed E-state index contributed by atoms with van der Waals surface area (Å²) in [4.78, 5) is 25.8. The normalized spacial score (nSPS) is 19.6. The lowest BCUT2D eigenvalue weighted by Crippen LogP contribution is -2.47. The predicted molar refractivity (Wildman–Crippen MR) is 78.1 cm³/mol. The Balaban J connectivity index is 2.19. The summed E-state index contributed by atoms with van der Waals surface area (Å²) >= 11 is 0. The lowest BCUT2D eigenvalue weighted by atomic mass is 9.74. The Hall–Kier alpha value is -1.85. The maximum atomic E-state index is 12.7. The zero-order chi connectivity index (χ0) is 15.8. The molecule has 0 spiro atoms. The van der Waals surface area contributed by atoms with Gasteiger partial charge < -0.3 is 10.0 Å². The molecule has 1 aromatic rings. The molecule has 0 bridgehead atoms. The quantitative estimate of drug-likeness (QED) is 0.892. The van der Waals surface area contributed by atoms with E-state index in [9.17, 15) is 14.7 Å². The average Bonchev–Trinajstić information content (AvgIpc) is 2.77. The molecule has 0 saturated carbocycles. The van der Waals surface area contributed by atoms with Crippen LogP contribution in [0.2, 0.25) is 0 Å². The molecule has 116 valence electrons. The fourth-order valence-corrected chi connectivity index (χ4v) is 2.95. The largest absolute Gasteiger partial charge is 0.481 e. The third-order valence-corrected chi connectivity index (χ3v) is 4.62. The van der Waals surface area contributed by atoms with Gasteiger partial charge in [0.1, 0.15) is 0 Å². The molecule has 1 aromatic heterocycles. The Morgan fingerprint density at radius 1 is 1.38 bits per heavy atom. The molecule has 0 aromatic carbocycles. The van der Waals surface area contributed by atoms with Crippen molar-refractivity contribution >= 4 is 11.9 Å². The van der Waals surface area contributed by atoms with Crippen molar-refractivity contribution in [1.82, 2.24) is 15.1 Å². The smallest absolute Gasteiger partial charge is 0.309 e. The summed E-state index contributed by atoms with van der Waals surface area (Å²) in [5.74, 6) is -0.887. The van der Waals surface area contributed by atoms with Gasteiger partial charge in [0.25, 0.3) is 5.91 Å². The van der Waals surface area contributed by atoms with Crippen LogP contribution in [0.1, 0.15) is 48.4 Å². The van der Waals surface area contributed by atoms with Crippen LogP contribution in [0.3, 0.4) is 0 Å². The van der Waals surface area contributed by atoms with Crippen molar-refractivity contribution in [1.29, 1.82) is 0 Å². The van der Waals surface area contributed by atoms with Crippen molar-refractivity contribution < 1.29 is 14.7 Å². The molecule has 0 radical (unpaired) electrons. The van der Waals surface area contributed by atoms with Crippen LogP contribution in [0, 0.1) is 25.2 Å². The molecular formula is C15H23N3O3. The van der Waals surface area contributed by atoms with Crippen molar-refractivity contribution in [2.45, 2.75) is 40.5 Å². The van der Waals surface area contributed by atoms with Gasteiger partial charge in [0.2, 0.25) is 0 Å². The Bertz CT molecular complexity index is 543. The van der Waals surface area contributed by atoms with Crippen molar-refractivity contribution in [2.24, 2.45) is 11.3 Å². The van der Waals surface area contributed by atoms with Gasteiger partial charge in [0.15, 0.2) is 0 Å². The highest BCUT2D eigenvalue weighted by Gasteiger charge is 2.40. The third-order valence-electron chi connectivity index (χ3n) is 4.62. The minimum absolute atomic E-state index is 0.0276. The van der Waals surface area contributed by atoms with E-state index in [1.165, 1.54) is 0 Å². The highest BCUT2D eigenvalue weighted by atomic mass is 16.4. The van der Waals surface area contributed by atoms with Gasteiger partial charge in [0.05, 0.1) is 16.7 Å².